The van der Waals surface area contributed by atoms with Crippen LogP contribution < -0.4 is 5.32 Å². The molecule has 1 heterocycles. The van der Waals surface area contributed by atoms with E-state index in [0.717, 1.165) is 6.42 Å². The number of hydrogen-bond donors (Lipinski definition) is 1. The van der Waals surface area contributed by atoms with Crippen molar-refractivity contribution in [1.29, 1.82) is 0 Å². The van der Waals surface area contributed by atoms with Crippen molar-refractivity contribution in [3.8, 4) is 0 Å². The van der Waals surface area contributed by atoms with Crippen molar-refractivity contribution in [3.05, 3.63) is 18.0 Å². The summed E-state index contributed by atoms with van der Waals surface area (Å²) in [7, 11) is 1.78. The van der Waals surface area contributed by atoms with Crippen LogP contribution in [0.3, 0.4) is 0 Å². The molecule has 0 aliphatic rings. The Bertz CT molecular complexity index is 335. The van der Waals surface area contributed by atoms with Crippen molar-refractivity contribution in [2.45, 2.75) is 31.7 Å². The molecule has 0 spiro atoms. The van der Waals surface area contributed by atoms with Crippen LogP contribution in [0.25, 0.3) is 0 Å². The van der Waals surface area contributed by atoms with Crippen LogP contribution in [-0.2, 0) is 7.05 Å². The van der Waals surface area contributed by atoms with E-state index in [1.807, 2.05) is 13.8 Å². The molecular formula is C10H16ClN3O. The Labute approximate surface area is 94.6 Å². The molecule has 5 heteroatoms. The highest BCUT2D eigenvalue weighted by Gasteiger charge is 2.13. The van der Waals surface area contributed by atoms with Crippen LogP contribution in [0.5, 0.6) is 0 Å². The second-order valence-corrected chi connectivity index (χ2v) is 4.51. The molecule has 1 amide bonds. The predicted octanol–water partition coefficient (Wildman–Crippen LogP) is 1.56. The van der Waals surface area contributed by atoms with E-state index in [2.05, 4.69) is 10.4 Å². The third-order valence-electron chi connectivity index (χ3n) is 2.00. The fraction of sp³-hybridized carbons (Fsp3) is 0.600. The lowest BCUT2D eigenvalue weighted by molar-refractivity contribution is 0.0933. The number of carbonyl (C=O) groups excluding carboxylic acids is 1. The zero-order valence-electron chi connectivity index (χ0n) is 9.20. The molecule has 84 valence electrons. The number of amides is 1. The summed E-state index contributed by atoms with van der Waals surface area (Å²) in [6.45, 7) is 3.84. The van der Waals surface area contributed by atoms with Gasteiger partial charge in [-0.2, -0.15) is 5.10 Å². The van der Waals surface area contributed by atoms with Crippen LogP contribution in [0.2, 0.25) is 0 Å². The molecule has 0 aliphatic heterocycles. The molecule has 2 atom stereocenters. The first kappa shape index (κ1) is 12.0. The molecule has 0 radical (unpaired) electrons. The van der Waals surface area contributed by atoms with Gasteiger partial charge in [-0.25, -0.2) is 0 Å². The Balaban J connectivity index is 2.49. The summed E-state index contributed by atoms with van der Waals surface area (Å²) in [5.74, 6) is -0.152. The largest absolute Gasteiger partial charge is 0.348 e. The standard InChI is InChI=1S/C10H16ClN3O/c1-7(11)6-8(2)12-10(15)9-4-5-14(3)13-9/h4-5,7-8H,6H2,1-3H3,(H,12,15). The third-order valence-corrected chi connectivity index (χ3v) is 2.18. The van der Waals surface area contributed by atoms with Crippen molar-refractivity contribution in [2.75, 3.05) is 0 Å². The Morgan fingerprint density at radius 3 is 2.80 bits per heavy atom. The molecule has 15 heavy (non-hydrogen) atoms. The van der Waals surface area contributed by atoms with Crippen molar-refractivity contribution in [3.63, 3.8) is 0 Å². The van der Waals surface area contributed by atoms with Gasteiger partial charge in [-0.1, -0.05) is 0 Å². The number of hydrogen-bond acceptors (Lipinski definition) is 2. The Morgan fingerprint density at radius 1 is 1.67 bits per heavy atom. The highest BCUT2D eigenvalue weighted by Crippen LogP contribution is 2.05. The van der Waals surface area contributed by atoms with Crippen LogP contribution >= 0.6 is 11.6 Å². The summed E-state index contributed by atoms with van der Waals surface area (Å²) >= 11 is 5.84. The van der Waals surface area contributed by atoms with Gasteiger partial charge in [-0.3, -0.25) is 9.48 Å². The number of aryl methyl sites for hydroxylation is 1. The molecule has 1 N–H and O–H groups in total. The van der Waals surface area contributed by atoms with Gasteiger partial charge in [0.05, 0.1) is 0 Å². The van der Waals surface area contributed by atoms with Crippen LogP contribution in [0, 0.1) is 0 Å². The number of nitrogens with one attached hydrogen (secondary N) is 1. The van der Waals surface area contributed by atoms with Gasteiger partial charge >= 0.3 is 0 Å². The number of carbonyl (C=O) groups is 1. The van der Waals surface area contributed by atoms with Gasteiger partial charge in [0.25, 0.3) is 5.91 Å². The molecule has 0 saturated carbocycles. The Morgan fingerprint density at radius 2 is 2.33 bits per heavy atom. The molecule has 2 unspecified atom stereocenters. The topological polar surface area (TPSA) is 46.9 Å². The number of alkyl halides is 1. The van der Waals surface area contributed by atoms with E-state index in [4.69, 9.17) is 11.6 Å². The normalized spacial score (nSPS) is 14.7. The van der Waals surface area contributed by atoms with E-state index in [0.29, 0.717) is 5.69 Å². The summed E-state index contributed by atoms with van der Waals surface area (Å²) in [6.07, 6.45) is 2.49. The Kier molecular flexibility index (Phi) is 4.15. The summed E-state index contributed by atoms with van der Waals surface area (Å²) in [5, 5.41) is 6.92. The zero-order valence-corrected chi connectivity index (χ0v) is 9.95. The van der Waals surface area contributed by atoms with Crippen LogP contribution in [0.4, 0.5) is 0 Å². The van der Waals surface area contributed by atoms with Gasteiger partial charge in [0, 0.05) is 24.7 Å². The van der Waals surface area contributed by atoms with Crippen molar-refractivity contribution < 1.29 is 4.79 Å². The number of nitrogens with zero attached hydrogens (tertiary/aromatic N) is 2. The van der Waals surface area contributed by atoms with Crippen LogP contribution in [0.15, 0.2) is 12.3 Å². The fourth-order valence-electron chi connectivity index (χ4n) is 1.38. The molecule has 1 rings (SSSR count). The highest BCUT2D eigenvalue weighted by molar-refractivity contribution is 6.20. The van der Waals surface area contributed by atoms with Gasteiger partial charge in [-0.05, 0) is 26.3 Å². The first-order chi connectivity index (χ1) is 6.99. The van der Waals surface area contributed by atoms with Crippen molar-refractivity contribution >= 4 is 17.5 Å². The minimum Gasteiger partial charge on any atom is -0.348 e. The second kappa shape index (κ2) is 5.16. The van der Waals surface area contributed by atoms with Crippen LogP contribution in [0.1, 0.15) is 30.8 Å². The fourth-order valence-corrected chi connectivity index (χ4v) is 1.65. The predicted molar refractivity (Wildman–Crippen MR) is 60.1 cm³/mol. The van der Waals surface area contributed by atoms with Gasteiger partial charge < -0.3 is 5.32 Å². The molecular weight excluding hydrogens is 214 g/mol. The summed E-state index contributed by atoms with van der Waals surface area (Å²) in [4.78, 5) is 11.6. The van der Waals surface area contributed by atoms with Gasteiger partial charge in [0.15, 0.2) is 0 Å². The lowest BCUT2D eigenvalue weighted by atomic mass is 10.2. The maximum atomic E-state index is 11.6. The maximum absolute atomic E-state index is 11.6. The minimum atomic E-state index is -0.152. The van der Waals surface area contributed by atoms with Crippen molar-refractivity contribution in [1.82, 2.24) is 15.1 Å². The van der Waals surface area contributed by atoms with E-state index in [-0.39, 0.29) is 17.3 Å². The van der Waals surface area contributed by atoms with E-state index in [9.17, 15) is 4.79 Å². The maximum Gasteiger partial charge on any atom is 0.271 e. The lowest BCUT2D eigenvalue weighted by Gasteiger charge is -2.13. The Hall–Kier alpha value is -1.03. The van der Waals surface area contributed by atoms with Crippen LogP contribution in [-0.4, -0.2) is 27.1 Å². The zero-order chi connectivity index (χ0) is 11.4. The quantitative estimate of drug-likeness (QED) is 0.797. The average Bonchev–Trinajstić information content (AvgIpc) is 2.49. The van der Waals surface area contributed by atoms with Crippen molar-refractivity contribution in [2.24, 2.45) is 7.05 Å². The number of aromatic nitrogens is 2. The highest BCUT2D eigenvalue weighted by atomic mass is 35.5. The minimum absolute atomic E-state index is 0.0593. The van der Waals surface area contributed by atoms with Gasteiger partial charge in [0.1, 0.15) is 5.69 Å². The van der Waals surface area contributed by atoms with E-state index in [1.165, 1.54) is 0 Å². The summed E-state index contributed by atoms with van der Waals surface area (Å²) < 4.78 is 1.60. The molecule has 0 fully saturated rings. The summed E-state index contributed by atoms with van der Waals surface area (Å²) in [5.41, 5.74) is 0.437. The molecule has 4 nitrogen and oxygen atoms in total. The lowest BCUT2D eigenvalue weighted by Crippen LogP contribution is -2.34. The first-order valence-electron chi connectivity index (χ1n) is 4.93. The second-order valence-electron chi connectivity index (χ2n) is 3.77. The third kappa shape index (κ3) is 3.91. The molecule has 0 aliphatic carbocycles. The molecule has 1 aromatic rings. The monoisotopic (exact) mass is 229 g/mol. The number of rotatable bonds is 4. The average molecular weight is 230 g/mol. The van der Waals surface area contributed by atoms with Gasteiger partial charge in [-0.15, -0.1) is 11.6 Å². The van der Waals surface area contributed by atoms with E-state index in [1.54, 1.807) is 24.0 Å². The first-order valence-corrected chi connectivity index (χ1v) is 5.37. The van der Waals surface area contributed by atoms with E-state index >= 15 is 0 Å². The summed E-state index contributed by atoms with van der Waals surface area (Å²) in [6, 6.07) is 1.75. The smallest absolute Gasteiger partial charge is 0.271 e. The van der Waals surface area contributed by atoms with E-state index < -0.39 is 0 Å². The number of halogens is 1. The SMILES string of the molecule is CC(Cl)CC(C)NC(=O)c1ccn(C)n1. The molecule has 0 aromatic carbocycles. The van der Waals surface area contributed by atoms with Gasteiger partial charge in [0.2, 0.25) is 0 Å². The molecule has 0 bridgehead atoms. The molecule has 0 saturated heterocycles. The molecule has 1 aromatic heterocycles.